The lowest BCUT2D eigenvalue weighted by molar-refractivity contribution is 0.140. The molecule has 16 heavy (non-hydrogen) atoms. The Kier molecular flexibility index (Phi) is 9.07. The molecule has 0 heterocycles. The molecule has 0 aromatic carbocycles. The molecule has 0 aliphatic rings. The monoisotopic (exact) mass is 226 g/mol. The van der Waals surface area contributed by atoms with Crippen molar-refractivity contribution in [1.29, 1.82) is 0 Å². The highest BCUT2D eigenvalue weighted by atomic mass is 14.3. The van der Waals surface area contributed by atoms with Crippen LogP contribution in [0, 0.1) is 11.3 Å². The predicted octanol–water partition coefficient (Wildman–Crippen LogP) is 6.20. The quantitative estimate of drug-likeness (QED) is 0.389. The zero-order valence-corrected chi connectivity index (χ0v) is 12.4. The van der Waals surface area contributed by atoms with Crippen LogP contribution in [0.2, 0.25) is 0 Å². The Morgan fingerprint density at radius 2 is 1.56 bits per heavy atom. The van der Waals surface area contributed by atoms with Gasteiger partial charge in [-0.3, -0.25) is 0 Å². The topological polar surface area (TPSA) is 0 Å². The van der Waals surface area contributed by atoms with Gasteiger partial charge in [0, 0.05) is 0 Å². The van der Waals surface area contributed by atoms with Gasteiger partial charge < -0.3 is 0 Å². The fraction of sp³-hybridized carbons (Fsp3) is 1.00. The van der Waals surface area contributed by atoms with E-state index in [1.54, 1.807) is 0 Å². The molecule has 0 saturated carbocycles. The minimum Gasteiger partial charge on any atom is -0.0654 e. The lowest BCUT2D eigenvalue weighted by atomic mass is 9.69. The van der Waals surface area contributed by atoms with Crippen LogP contribution in [0.4, 0.5) is 0 Å². The molecule has 0 aliphatic carbocycles. The molecule has 0 saturated heterocycles. The van der Waals surface area contributed by atoms with E-state index in [2.05, 4.69) is 34.6 Å². The third-order valence-electron chi connectivity index (χ3n) is 4.51. The van der Waals surface area contributed by atoms with E-state index in [4.69, 9.17) is 0 Å². The van der Waals surface area contributed by atoms with E-state index in [1.165, 1.54) is 57.8 Å². The summed E-state index contributed by atoms with van der Waals surface area (Å²) in [7, 11) is 0. The van der Waals surface area contributed by atoms with Crippen molar-refractivity contribution >= 4 is 0 Å². The summed E-state index contributed by atoms with van der Waals surface area (Å²) >= 11 is 0. The Balaban J connectivity index is 4.11. The summed E-state index contributed by atoms with van der Waals surface area (Å²) in [5, 5.41) is 0. The Labute approximate surface area is 104 Å². The lowest BCUT2D eigenvalue weighted by Gasteiger charge is -2.37. The summed E-state index contributed by atoms with van der Waals surface area (Å²) in [5.41, 5.74) is 0.607. The van der Waals surface area contributed by atoms with Gasteiger partial charge in [0.1, 0.15) is 0 Å². The Bertz CT molecular complexity index is 150. The number of rotatable bonds is 10. The first-order chi connectivity index (χ1) is 7.64. The van der Waals surface area contributed by atoms with Crippen LogP contribution in [-0.2, 0) is 0 Å². The Morgan fingerprint density at radius 1 is 0.875 bits per heavy atom. The van der Waals surface area contributed by atoms with Gasteiger partial charge in [-0.15, -0.1) is 0 Å². The van der Waals surface area contributed by atoms with Gasteiger partial charge in [-0.2, -0.15) is 0 Å². The third kappa shape index (κ3) is 5.37. The van der Waals surface area contributed by atoms with Crippen molar-refractivity contribution in [3.63, 3.8) is 0 Å². The van der Waals surface area contributed by atoms with E-state index in [9.17, 15) is 0 Å². The van der Waals surface area contributed by atoms with E-state index in [0.717, 1.165) is 5.92 Å². The molecular formula is C16H34. The SMILES string of the molecule is CCCCCCC(CC)C(C)(CC)CCC. The minimum absolute atomic E-state index is 0.607. The average Bonchev–Trinajstić information content (AvgIpc) is 2.29. The summed E-state index contributed by atoms with van der Waals surface area (Å²) < 4.78 is 0. The Hall–Kier alpha value is 0. The summed E-state index contributed by atoms with van der Waals surface area (Å²) in [6, 6.07) is 0. The van der Waals surface area contributed by atoms with Crippen molar-refractivity contribution in [2.24, 2.45) is 11.3 Å². The molecule has 0 amide bonds. The fourth-order valence-electron chi connectivity index (χ4n) is 3.10. The van der Waals surface area contributed by atoms with E-state index < -0.39 is 0 Å². The van der Waals surface area contributed by atoms with Crippen LogP contribution in [0.1, 0.15) is 92.4 Å². The molecule has 0 radical (unpaired) electrons. The summed E-state index contributed by atoms with van der Waals surface area (Å²) in [6.45, 7) is 11.9. The smallest absolute Gasteiger partial charge is 0.0300 e. The van der Waals surface area contributed by atoms with Crippen molar-refractivity contribution in [3.8, 4) is 0 Å². The zero-order chi connectivity index (χ0) is 12.4. The molecule has 0 N–H and O–H groups in total. The summed E-state index contributed by atoms with van der Waals surface area (Å²) in [5.74, 6) is 0.953. The first kappa shape index (κ1) is 16.0. The zero-order valence-electron chi connectivity index (χ0n) is 12.4. The Morgan fingerprint density at radius 3 is 2.00 bits per heavy atom. The molecule has 0 aromatic heterocycles. The largest absolute Gasteiger partial charge is 0.0654 e. The van der Waals surface area contributed by atoms with E-state index in [0.29, 0.717) is 5.41 Å². The fourth-order valence-corrected chi connectivity index (χ4v) is 3.10. The summed E-state index contributed by atoms with van der Waals surface area (Å²) in [4.78, 5) is 0. The van der Waals surface area contributed by atoms with Crippen molar-refractivity contribution in [2.75, 3.05) is 0 Å². The molecule has 0 aliphatic heterocycles. The average molecular weight is 226 g/mol. The number of hydrogen-bond donors (Lipinski definition) is 0. The molecular weight excluding hydrogens is 192 g/mol. The second kappa shape index (κ2) is 9.07. The normalized spacial score (nSPS) is 17.1. The van der Waals surface area contributed by atoms with Crippen molar-refractivity contribution in [3.05, 3.63) is 0 Å². The molecule has 0 heteroatoms. The van der Waals surface area contributed by atoms with Gasteiger partial charge in [-0.25, -0.2) is 0 Å². The second-order valence-electron chi connectivity index (χ2n) is 5.71. The van der Waals surface area contributed by atoms with Crippen molar-refractivity contribution < 1.29 is 0 Å². The van der Waals surface area contributed by atoms with Crippen molar-refractivity contribution in [2.45, 2.75) is 92.4 Å². The third-order valence-corrected chi connectivity index (χ3v) is 4.51. The van der Waals surface area contributed by atoms with Gasteiger partial charge in [-0.1, -0.05) is 79.6 Å². The molecule has 2 atom stereocenters. The second-order valence-corrected chi connectivity index (χ2v) is 5.71. The predicted molar refractivity (Wildman–Crippen MR) is 75.8 cm³/mol. The standard InChI is InChI=1S/C16H34/c1-6-10-11-12-13-15(8-3)16(5,9-4)14-7-2/h15H,6-14H2,1-5H3. The molecule has 98 valence electrons. The van der Waals surface area contributed by atoms with Gasteiger partial charge >= 0.3 is 0 Å². The van der Waals surface area contributed by atoms with Gasteiger partial charge in [0.25, 0.3) is 0 Å². The number of unbranched alkanes of at least 4 members (excludes halogenated alkanes) is 3. The molecule has 0 rings (SSSR count). The van der Waals surface area contributed by atoms with Crippen LogP contribution in [0.15, 0.2) is 0 Å². The van der Waals surface area contributed by atoms with Crippen LogP contribution in [0.25, 0.3) is 0 Å². The molecule has 0 nitrogen and oxygen atoms in total. The van der Waals surface area contributed by atoms with Gasteiger partial charge in [0.05, 0.1) is 0 Å². The minimum atomic E-state index is 0.607. The number of hydrogen-bond acceptors (Lipinski definition) is 0. The maximum atomic E-state index is 2.52. The molecule has 0 aromatic rings. The first-order valence-electron chi connectivity index (χ1n) is 7.64. The molecule has 0 spiro atoms. The van der Waals surface area contributed by atoms with Crippen LogP contribution in [0.5, 0.6) is 0 Å². The van der Waals surface area contributed by atoms with Crippen LogP contribution in [0.3, 0.4) is 0 Å². The maximum Gasteiger partial charge on any atom is -0.0300 e. The van der Waals surface area contributed by atoms with E-state index >= 15 is 0 Å². The highest BCUT2D eigenvalue weighted by Gasteiger charge is 2.29. The first-order valence-corrected chi connectivity index (χ1v) is 7.64. The van der Waals surface area contributed by atoms with Gasteiger partial charge in [0.2, 0.25) is 0 Å². The molecule has 0 bridgehead atoms. The highest BCUT2D eigenvalue weighted by molar-refractivity contribution is 4.80. The maximum absolute atomic E-state index is 2.52. The van der Waals surface area contributed by atoms with Crippen molar-refractivity contribution in [1.82, 2.24) is 0 Å². The van der Waals surface area contributed by atoms with Gasteiger partial charge in [0.15, 0.2) is 0 Å². The van der Waals surface area contributed by atoms with Crippen LogP contribution < -0.4 is 0 Å². The van der Waals surface area contributed by atoms with Crippen LogP contribution in [-0.4, -0.2) is 0 Å². The van der Waals surface area contributed by atoms with E-state index in [-0.39, 0.29) is 0 Å². The van der Waals surface area contributed by atoms with Gasteiger partial charge in [-0.05, 0) is 24.2 Å². The molecule has 0 fully saturated rings. The lowest BCUT2D eigenvalue weighted by Crippen LogP contribution is -2.26. The molecule has 2 unspecified atom stereocenters. The highest BCUT2D eigenvalue weighted by Crippen LogP contribution is 2.40. The van der Waals surface area contributed by atoms with E-state index in [1.807, 2.05) is 0 Å². The summed E-state index contributed by atoms with van der Waals surface area (Å²) in [6.07, 6.45) is 12.6. The van der Waals surface area contributed by atoms with Crippen LogP contribution >= 0.6 is 0 Å².